The maximum absolute atomic E-state index is 14.3. The summed E-state index contributed by atoms with van der Waals surface area (Å²) in [5.41, 5.74) is 1.33. The van der Waals surface area contributed by atoms with Gasteiger partial charge in [-0.3, -0.25) is 14.4 Å². The third-order valence-corrected chi connectivity index (χ3v) is 10.4. The molecular formula is C35H41F2N7O5. The largest absolute Gasteiger partial charge is 0.410 e. The molecule has 2 aromatic rings. The van der Waals surface area contributed by atoms with Gasteiger partial charge in [0.15, 0.2) is 5.71 Å². The number of oxime groups is 1. The number of carbonyl (C=O) groups is 4. The van der Waals surface area contributed by atoms with Crippen LogP contribution in [0.4, 0.5) is 25.0 Å². The first-order valence-corrected chi connectivity index (χ1v) is 16.6. The van der Waals surface area contributed by atoms with E-state index in [1.165, 1.54) is 6.92 Å². The van der Waals surface area contributed by atoms with Crippen LogP contribution in [0.15, 0.2) is 47.6 Å². The van der Waals surface area contributed by atoms with Gasteiger partial charge in [-0.25, -0.2) is 13.6 Å². The van der Waals surface area contributed by atoms with Crippen molar-refractivity contribution in [2.75, 3.05) is 23.7 Å². The van der Waals surface area contributed by atoms with Crippen LogP contribution in [0.5, 0.6) is 0 Å². The van der Waals surface area contributed by atoms with Crippen LogP contribution in [0.3, 0.4) is 0 Å². The molecule has 1 aliphatic heterocycles. The molecule has 49 heavy (non-hydrogen) atoms. The van der Waals surface area contributed by atoms with E-state index in [0.717, 1.165) is 29.5 Å². The zero-order valence-corrected chi connectivity index (χ0v) is 27.5. The summed E-state index contributed by atoms with van der Waals surface area (Å²) >= 11 is 0. The number of fused-ring (bicyclic) bond motifs is 1. The van der Waals surface area contributed by atoms with Crippen LogP contribution >= 0.6 is 0 Å². The molecule has 1 saturated heterocycles. The van der Waals surface area contributed by atoms with E-state index in [9.17, 15) is 33.2 Å². The number of hydrogen-bond acceptors (Lipinski definition) is 7. The highest BCUT2D eigenvalue weighted by atomic mass is 19.3. The smallest absolute Gasteiger partial charge is 0.318 e. The van der Waals surface area contributed by atoms with Gasteiger partial charge in [-0.2, -0.15) is 0 Å². The summed E-state index contributed by atoms with van der Waals surface area (Å²) in [6.07, 6.45) is 1.44. The molecule has 2 saturated carbocycles. The normalized spacial score (nSPS) is 23.2. The first-order chi connectivity index (χ1) is 23.2. The third kappa shape index (κ3) is 6.99. The van der Waals surface area contributed by atoms with Gasteiger partial charge in [-0.05, 0) is 86.4 Å². The molecular weight excluding hydrogens is 636 g/mol. The van der Waals surface area contributed by atoms with Gasteiger partial charge in [0, 0.05) is 55.6 Å². The summed E-state index contributed by atoms with van der Waals surface area (Å²) in [6.45, 7) is 4.19. The maximum Gasteiger partial charge on any atom is 0.318 e. The number of nitrogens with one attached hydrogen (secondary N) is 5. The number of hydrogen-bond donors (Lipinski definition) is 6. The van der Waals surface area contributed by atoms with Gasteiger partial charge in [0.2, 0.25) is 11.8 Å². The van der Waals surface area contributed by atoms with Gasteiger partial charge >= 0.3 is 6.03 Å². The number of benzene rings is 2. The molecule has 6 rings (SSSR count). The van der Waals surface area contributed by atoms with Gasteiger partial charge < -0.3 is 36.8 Å². The lowest BCUT2D eigenvalue weighted by Crippen LogP contribution is -2.66. The molecule has 3 aliphatic carbocycles. The number of alkyl halides is 2. The zero-order chi connectivity index (χ0) is 35.1. The van der Waals surface area contributed by atoms with E-state index in [0.29, 0.717) is 24.5 Å². The second kappa shape index (κ2) is 12.9. The number of urea groups is 1. The van der Waals surface area contributed by atoms with Gasteiger partial charge in [0.25, 0.3) is 11.8 Å². The molecule has 2 aromatic carbocycles. The van der Waals surface area contributed by atoms with Gasteiger partial charge in [0.05, 0.1) is 5.71 Å². The van der Waals surface area contributed by atoms with Crippen molar-refractivity contribution in [2.24, 2.45) is 16.5 Å². The number of nitrogens with zero attached hydrogens (tertiary/aromatic N) is 2. The number of rotatable bonds is 9. The fraction of sp³-hybridized carbons (Fsp3) is 0.486. The van der Waals surface area contributed by atoms with Crippen molar-refractivity contribution < 1.29 is 33.2 Å². The molecule has 0 bridgehead atoms. The highest BCUT2D eigenvalue weighted by Crippen LogP contribution is 2.50. The molecule has 5 amide bonds. The zero-order valence-electron chi connectivity index (χ0n) is 27.5. The van der Waals surface area contributed by atoms with E-state index in [4.69, 9.17) is 5.41 Å². The number of halogens is 2. The van der Waals surface area contributed by atoms with E-state index in [2.05, 4.69) is 26.4 Å². The Labute approximate surface area is 282 Å². The fourth-order valence-corrected chi connectivity index (χ4v) is 7.37. The Kier molecular flexibility index (Phi) is 8.92. The second-order valence-corrected chi connectivity index (χ2v) is 14.1. The lowest BCUT2D eigenvalue weighted by Gasteiger charge is -2.44. The first-order valence-electron chi connectivity index (χ1n) is 16.6. The Morgan fingerprint density at radius 3 is 2.37 bits per heavy atom. The summed E-state index contributed by atoms with van der Waals surface area (Å²) < 4.78 is 28.0. The number of amides is 5. The van der Waals surface area contributed by atoms with Gasteiger partial charge in [0.1, 0.15) is 11.6 Å². The average Bonchev–Trinajstić information content (AvgIpc) is 3.69. The molecule has 6 N–H and O–H groups in total. The van der Waals surface area contributed by atoms with Crippen LogP contribution in [0.2, 0.25) is 0 Å². The molecule has 14 heteroatoms. The van der Waals surface area contributed by atoms with Crippen LogP contribution in [0.25, 0.3) is 0 Å². The second-order valence-electron chi connectivity index (χ2n) is 14.1. The quantitative estimate of drug-likeness (QED) is 0.131. The Morgan fingerprint density at radius 1 is 1.02 bits per heavy atom. The molecule has 1 unspecified atom stereocenters. The Bertz CT molecular complexity index is 1730. The summed E-state index contributed by atoms with van der Waals surface area (Å²) in [6, 6.07) is 11.1. The summed E-state index contributed by atoms with van der Waals surface area (Å²) in [7, 11) is 0. The standard InChI is InChI=1S/C35H41F2N7O5/c1-20-4-3-5-25(14-20)41-31(47)34(44-19-33(12-13-33)18-39-32(44)48)16-23-6-7-26(15-24(23)17-34)40-30(46)28(22-8-10-35(36,37)11-9-22)42-29(45)27(43-49)21(2)38/h3-7,14-15,22,28,38,49H,8-13,16-19H2,1-2H3,(H,39,48)(H,40,46)(H,41,47)(H,42,45)/b38-21?,43-27+/t28-,34?/m0/s1. The van der Waals surface area contributed by atoms with E-state index in [-0.39, 0.29) is 48.7 Å². The van der Waals surface area contributed by atoms with E-state index < -0.39 is 53.8 Å². The predicted octanol–water partition coefficient (Wildman–Crippen LogP) is 4.40. The molecule has 2 atom stereocenters. The summed E-state index contributed by atoms with van der Waals surface area (Å²) in [4.78, 5) is 55.9. The van der Waals surface area contributed by atoms with Crippen LogP contribution < -0.4 is 21.3 Å². The number of carbonyl (C=O) groups excluding carboxylic acids is 4. The molecule has 1 spiro atoms. The molecule has 0 aromatic heterocycles. The molecule has 4 aliphatic rings. The highest BCUT2D eigenvalue weighted by molar-refractivity contribution is 6.65. The van der Waals surface area contributed by atoms with Crippen LogP contribution in [0, 0.1) is 23.7 Å². The van der Waals surface area contributed by atoms with Crippen LogP contribution in [-0.2, 0) is 27.2 Å². The minimum Gasteiger partial charge on any atom is -0.410 e. The minimum absolute atomic E-state index is 0.0251. The topological polar surface area (TPSA) is 176 Å². The fourth-order valence-electron chi connectivity index (χ4n) is 7.37. The van der Waals surface area contributed by atoms with E-state index in [1.54, 1.807) is 29.2 Å². The van der Waals surface area contributed by atoms with Crippen molar-refractivity contribution in [1.82, 2.24) is 15.5 Å². The molecule has 12 nitrogen and oxygen atoms in total. The van der Waals surface area contributed by atoms with E-state index in [1.807, 2.05) is 25.1 Å². The SMILES string of the molecule is CC(=N)/C(=N\O)C(=O)N[C@H](C(=O)Nc1ccc2c(c1)CC(C(=O)Nc1cccc(C)c1)(N1CC3(CC3)CNC1=O)C2)C1CCC(F)(F)CC1. The van der Waals surface area contributed by atoms with E-state index >= 15 is 0 Å². The molecule has 1 heterocycles. The molecule has 260 valence electrons. The monoisotopic (exact) mass is 677 g/mol. The van der Waals surface area contributed by atoms with Crippen molar-refractivity contribution in [3.8, 4) is 0 Å². The van der Waals surface area contributed by atoms with Gasteiger partial charge in [-0.15, -0.1) is 0 Å². The third-order valence-electron chi connectivity index (χ3n) is 10.4. The predicted molar refractivity (Wildman–Crippen MR) is 178 cm³/mol. The Morgan fingerprint density at radius 2 is 1.71 bits per heavy atom. The lowest BCUT2D eigenvalue weighted by molar-refractivity contribution is -0.127. The average molecular weight is 678 g/mol. The highest BCUT2D eigenvalue weighted by Gasteiger charge is 2.57. The Hall–Kier alpha value is -4.88. The number of aryl methyl sites for hydroxylation is 1. The van der Waals surface area contributed by atoms with Crippen molar-refractivity contribution >= 4 is 46.6 Å². The van der Waals surface area contributed by atoms with Gasteiger partial charge in [-0.1, -0.05) is 23.4 Å². The number of anilines is 2. The van der Waals surface area contributed by atoms with Crippen molar-refractivity contribution in [3.63, 3.8) is 0 Å². The molecule has 3 fully saturated rings. The molecule has 0 radical (unpaired) electrons. The Balaban J connectivity index is 1.26. The minimum atomic E-state index is -2.87. The maximum atomic E-state index is 14.3. The van der Waals surface area contributed by atoms with Crippen molar-refractivity contribution in [3.05, 3.63) is 59.2 Å². The lowest BCUT2D eigenvalue weighted by atomic mass is 9.81. The summed E-state index contributed by atoms with van der Waals surface area (Å²) in [5, 5.41) is 31.2. The van der Waals surface area contributed by atoms with Crippen LogP contribution in [0.1, 0.15) is 62.1 Å². The van der Waals surface area contributed by atoms with Crippen molar-refractivity contribution in [1.29, 1.82) is 5.41 Å². The first kappa shape index (κ1) is 34.0. The van der Waals surface area contributed by atoms with Crippen molar-refractivity contribution in [2.45, 2.75) is 82.7 Å². The van der Waals surface area contributed by atoms with Crippen LogP contribution in [-0.4, -0.2) is 75.9 Å². The summed E-state index contributed by atoms with van der Waals surface area (Å²) in [5.74, 6) is -5.44.